The molecule has 2 heteroatoms. The van der Waals surface area contributed by atoms with Gasteiger partial charge in [0.05, 0.1) is 0 Å². The molecule has 0 amide bonds. The van der Waals surface area contributed by atoms with Crippen LogP contribution in [0.3, 0.4) is 0 Å². The van der Waals surface area contributed by atoms with Crippen molar-refractivity contribution in [3.05, 3.63) is 0 Å². The molecule has 1 atom stereocenters. The van der Waals surface area contributed by atoms with Crippen molar-refractivity contribution in [1.29, 1.82) is 0 Å². The van der Waals surface area contributed by atoms with Crippen molar-refractivity contribution in [2.45, 2.75) is 52.4 Å². The summed E-state index contributed by atoms with van der Waals surface area (Å²) < 4.78 is 0. The van der Waals surface area contributed by atoms with Crippen molar-refractivity contribution in [2.75, 3.05) is 12.3 Å². The summed E-state index contributed by atoms with van der Waals surface area (Å²) in [5.74, 6) is 0. The minimum absolute atomic E-state index is 0.394. The number of unbranched alkanes of at least 4 members (excludes halogenated alkanes) is 4. The first-order valence-corrected chi connectivity index (χ1v) is 10.2. The van der Waals surface area contributed by atoms with E-state index in [1.165, 1.54) is 46.8 Å². The van der Waals surface area contributed by atoms with E-state index in [4.69, 9.17) is 0 Å². The molecule has 1 unspecified atom stereocenters. The van der Waals surface area contributed by atoms with Crippen molar-refractivity contribution < 1.29 is 0 Å². The molecule has 0 aromatic heterocycles. The van der Waals surface area contributed by atoms with Gasteiger partial charge in [-0.15, -0.1) is 0 Å². The molecule has 0 saturated carbocycles. The molecule has 0 aliphatic carbocycles. The van der Waals surface area contributed by atoms with Crippen LogP contribution >= 0.6 is 16.5 Å². The summed E-state index contributed by atoms with van der Waals surface area (Å²) in [4.78, 5) is 0. The summed E-state index contributed by atoms with van der Waals surface area (Å²) in [6.45, 7) is 4.59. The molecule has 0 aromatic carbocycles. The Balaban J connectivity index is 2.73. The van der Waals surface area contributed by atoms with E-state index in [0.29, 0.717) is 8.27 Å². The third kappa shape index (κ3) is 10.9. The molecule has 0 radical (unpaired) electrons. The van der Waals surface area contributed by atoms with Crippen LogP contribution in [-0.2, 0) is 0 Å². The molecule has 0 aliphatic rings. The van der Waals surface area contributed by atoms with Gasteiger partial charge in [0.25, 0.3) is 0 Å². The van der Waals surface area contributed by atoms with Gasteiger partial charge in [-0.05, 0) is 0 Å². The second-order valence-electron chi connectivity index (χ2n) is 3.52. The molecule has 0 N–H and O–H groups in total. The van der Waals surface area contributed by atoms with Gasteiger partial charge in [0.15, 0.2) is 0 Å². The first-order chi connectivity index (χ1) is 5.91. The van der Waals surface area contributed by atoms with Gasteiger partial charge in [0.2, 0.25) is 0 Å². The molecule has 0 bridgehead atoms. The predicted octanol–water partition coefficient (Wildman–Crippen LogP) is 4.10. The summed E-state index contributed by atoms with van der Waals surface area (Å²) in [5.41, 5.74) is 0. The van der Waals surface area contributed by atoms with Crippen LogP contribution in [-0.4, -0.2) is 12.3 Å². The van der Waals surface area contributed by atoms with Gasteiger partial charge in [0, 0.05) is 0 Å². The zero-order valence-electron chi connectivity index (χ0n) is 8.86. The van der Waals surface area contributed by atoms with E-state index in [1.807, 2.05) is 0 Å². The molecule has 0 nitrogen and oxygen atoms in total. The second-order valence-corrected chi connectivity index (χ2v) is 8.72. The fourth-order valence-electron chi connectivity index (χ4n) is 1.30. The fourth-order valence-corrected chi connectivity index (χ4v) is 6.05. The van der Waals surface area contributed by atoms with Gasteiger partial charge in [-0.25, -0.2) is 0 Å². The summed E-state index contributed by atoms with van der Waals surface area (Å²) in [6.07, 6.45) is 12.0. The number of hydrogen-bond acceptors (Lipinski definition) is 0. The Labute approximate surface area is 81.7 Å². The van der Waals surface area contributed by atoms with Crippen LogP contribution in [0, 0.1) is 0 Å². The Hall–Kier alpha value is 0.860. The van der Waals surface area contributed by atoms with E-state index in [1.54, 1.807) is 12.3 Å². The minimum atomic E-state index is 0.394. The van der Waals surface area contributed by atoms with Gasteiger partial charge in [-0.3, -0.25) is 0 Å². The molecule has 0 spiro atoms. The Morgan fingerprint density at radius 2 is 1.67 bits per heavy atom. The van der Waals surface area contributed by atoms with Crippen LogP contribution in [0.15, 0.2) is 0 Å². The molecule has 0 heterocycles. The zero-order chi connectivity index (χ0) is 9.07. The fraction of sp³-hybridized carbons (Fsp3) is 1.00. The molecule has 0 fully saturated rings. The Kier molecular flexibility index (Phi) is 12.7. The second kappa shape index (κ2) is 11.9. The maximum absolute atomic E-state index is 2.30. The van der Waals surface area contributed by atoms with Crippen LogP contribution in [0.25, 0.3) is 0 Å². The van der Waals surface area contributed by atoms with E-state index in [0.717, 1.165) is 0 Å². The molecular weight excluding hydrogens is 182 g/mol. The SMILES string of the molecule is CCCCCCP[PH3]CCCC. The summed E-state index contributed by atoms with van der Waals surface area (Å²) in [6, 6.07) is 0. The van der Waals surface area contributed by atoms with Gasteiger partial charge in [-0.1, -0.05) is 0 Å². The maximum atomic E-state index is 2.30. The third-order valence-electron chi connectivity index (χ3n) is 2.16. The topological polar surface area (TPSA) is 0 Å². The van der Waals surface area contributed by atoms with E-state index in [-0.39, 0.29) is 0 Å². The Morgan fingerprint density at radius 3 is 2.33 bits per heavy atom. The first-order valence-electron chi connectivity index (χ1n) is 5.62. The molecule has 0 rings (SSSR count). The average molecular weight is 208 g/mol. The molecule has 0 saturated heterocycles. The van der Waals surface area contributed by atoms with Crippen molar-refractivity contribution >= 4 is 16.5 Å². The van der Waals surface area contributed by atoms with Crippen LogP contribution in [0.4, 0.5) is 0 Å². The summed E-state index contributed by atoms with van der Waals surface area (Å²) in [7, 11) is 1.79. The number of rotatable bonds is 9. The van der Waals surface area contributed by atoms with Crippen molar-refractivity contribution in [3.8, 4) is 0 Å². The molecule has 12 heavy (non-hydrogen) atoms. The average Bonchev–Trinajstić information content (AvgIpc) is 2.10. The zero-order valence-corrected chi connectivity index (χ0v) is 11.3. The van der Waals surface area contributed by atoms with Crippen LogP contribution < -0.4 is 0 Å². The van der Waals surface area contributed by atoms with Crippen molar-refractivity contribution in [1.82, 2.24) is 0 Å². The summed E-state index contributed by atoms with van der Waals surface area (Å²) >= 11 is 0. The van der Waals surface area contributed by atoms with Crippen molar-refractivity contribution in [3.63, 3.8) is 0 Å². The quantitative estimate of drug-likeness (QED) is 0.395. The van der Waals surface area contributed by atoms with E-state index in [9.17, 15) is 0 Å². The third-order valence-corrected chi connectivity index (χ3v) is 7.26. The van der Waals surface area contributed by atoms with E-state index in [2.05, 4.69) is 13.8 Å². The van der Waals surface area contributed by atoms with Crippen LogP contribution in [0.1, 0.15) is 52.4 Å². The Morgan fingerprint density at radius 1 is 0.917 bits per heavy atom. The Bertz CT molecular complexity index is 64.2. The van der Waals surface area contributed by atoms with Gasteiger partial charge < -0.3 is 0 Å². The van der Waals surface area contributed by atoms with Gasteiger partial charge >= 0.3 is 81.2 Å². The normalized spacial score (nSPS) is 11.8. The molecule has 0 aliphatic heterocycles. The monoisotopic (exact) mass is 208 g/mol. The molecule has 0 aromatic rings. The first kappa shape index (κ1) is 12.9. The molecule has 76 valence electrons. The molecular formula is C10H26P2. The van der Waals surface area contributed by atoms with Gasteiger partial charge in [0.1, 0.15) is 0 Å². The van der Waals surface area contributed by atoms with Crippen LogP contribution in [0.2, 0.25) is 0 Å². The number of hydrogen-bond donors (Lipinski definition) is 0. The standard InChI is InChI=1S/C10H26P2/c1-3-5-7-8-10-12-11-9-6-4-2/h12H,3-10H2,1-2,11H3. The van der Waals surface area contributed by atoms with Crippen molar-refractivity contribution in [2.24, 2.45) is 0 Å². The summed E-state index contributed by atoms with van der Waals surface area (Å²) in [5, 5.41) is 0. The predicted molar refractivity (Wildman–Crippen MR) is 68.2 cm³/mol. The van der Waals surface area contributed by atoms with Gasteiger partial charge in [-0.2, -0.15) is 0 Å². The van der Waals surface area contributed by atoms with E-state index >= 15 is 0 Å². The van der Waals surface area contributed by atoms with Crippen LogP contribution in [0.5, 0.6) is 0 Å². The van der Waals surface area contributed by atoms with E-state index < -0.39 is 0 Å².